The molecule has 0 spiro atoms. The molecule has 0 bridgehead atoms. The molecule has 1 aliphatic rings. The molecule has 5 rings (SSSR count). The molecule has 8 nitrogen and oxygen atoms in total. The van der Waals surface area contributed by atoms with Gasteiger partial charge in [0.1, 0.15) is 11.9 Å². The maximum atomic E-state index is 13.2. The van der Waals surface area contributed by atoms with Crippen LogP contribution in [-0.4, -0.2) is 52.0 Å². The smallest absolute Gasteiger partial charge is 0.281 e. The molecule has 3 heterocycles. The van der Waals surface area contributed by atoms with E-state index in [2.05, 4.69) is 27.3 Å². The van der Waals surface area contributed by atoms with Crippen molar-refractivity contribution in [2.75, 3.05) is 25.5 Å². The third kappa shape index (κ3) is 4.89. The molecule has 2 aromatic carbocycles. The topological polar surface area (TPSA) is 83.4 Å². The standard InChI is InChI=1S/C27H30N6O2S/c1-31(2)17-19-11-13-20(14-12-19)23-30-25-22(26(35)32(23)3)29-27(36-25)33-15-7-10-21(33)24(34)28-16-18-8-5-4-6-9-18/h4-6,8-9,11-14,21H,7,10,15-17H2,1-3H3,(H,28,34). The lowest BCUT2D eigenvalue weighted by molar-refractivity contribution is -0.122. The Kier molecular flexibility index (Phi) is 6.84. The summed E-state index contributed by atoms with van der Waals surface area (Å²) in [5, 5.41) is 3.73. The average Bonchev–Trinajstić information content (AvgIpc) is 3.53. The number of fused-ring (bicyclic) bond motifs is 1. The summed E-state index contributed by atoms with van der Waals surface area (Å²) in [6.07, 6.45) is 1.65. The van der Waals surface area contributed by atoms with Gasteiger partial charge in [0.2, 0.25) is 5.91 Å². The van der Waals surface area contributed by atoms with E-state index < -0.39 is 0 Å². The third-order valence-electron chi connectivity index (χ3n) is 6.45. The first-order chi connectivity index (χ1) is 17.4. The van der Waals surface area contributed by atoms with Crippen molar-refractivity contribution >= 4 is 32.7 Å². The van der Waals surface area contributed by atoms with Crippen LogP contribution in [0.25, 0.3) is 21.7 Å². The second-order valence-electron chi connectivity index (χ2n) is 9.44. The number of amides is 1. The second-order valence-corrected chi connectivity index (χ2v) is 10.4. The Hall–Kier alpha value is -3.56. The molecule has 9 heteroatoms. The van der Waals surface area contributed by atoms with E-state index in [9.17, 15) is 9.59 Å². The van der Waals surface area contributed by atoms with Crippen LogP contribution < -0.4 is 15.8 Å². The Morgan fingerprint density at radius 2 is 1.83 bits per heavy atom. The number of thiazole rings is 1. The number of carbonyl (C=O) groups is 1. The van der Waals surface area contributed by atoms with Crippen LogP contribution in [0.15, 0.2) is 59.4 Å². The normalized spacial score (nSPS) is 15.7. The second kappa shape index (κ2) is 10.2. The van der Waals surface area contributed by atoms with Crippen molar-refractivity contribution < 1.29 is 4.79 Å². The number of aromatic nitrogens is 3. The van der Waals surface area contributed by atoms with Crippen molar-refractivity contribution in [1.82, 2.24) is 24.8 Å². The first kappa shape index (κ1) is 24.1. The summed E-state index contributed by atoms with van der Waals surface area (Å²) in [6.45, 7) is 2.06. The van der Waals surface area contributed by atoms with Gasteiger partial charge in [-0.25, -0.2) is 9.97 Å². The summed E-state index contributed by atoms with van der Waals surface area (Å²) >= 11 is 1.38. The van der Waals surface area contributed by atoms with E-state index >= 15 is 0 Å². The molecule has 4 aromatic rings. The highest BCUT2D eigenvalue weighted by molar-refractivity contribution is 7.21. The number of nitrogens with one attached hydrogen (secondary N) is 1. The number of rotatable bonds is 7. The summed E-state index contributed by atoms with van der Waals surface area (Å²) in [5.74, 6) is 0.590. The summed E-state index contributed by atoms with van der Waals surface area (Å²) in [4.78, 5) is 40.4. The van der Waals surface area contributed by atoms with E-state index in [1.165, 1.54) is 16.9 Å². The molecule has 36 heavy (non-hydrogen) atoms. The quantitative estimate of drug-likeness (QED) is 0.417. The molecule has 1 N–H and O–H groups in total. The van der Waals surface area contributed by atoms with Crippen LogP contribution in [0.2, 0.25) is 0 Å². The predicted octanol–water partition coefficient (Wildman–Crippen LogP) is 3.40. The lowest BCUT2D eigenvalue weighted by Gasteiger charge is -2.23. The Bertz CT molecular complexity index is 1430. The van der Waals surface area contributed by atoms with Gasteiger partial charge in [0.25, 0.3) is 5.56 Å². The van der Waals surface area contributed by atoms with Crippen LogP contribution in [0.3, 0.4) is 0 Å². The average molecular weight is 503 g/mol. The number of carbonyl (C=O) groups excluding carboxylic acids is 1. The van der Waals surface area contributed by atoms with Crippen molar-refractivity contribution in [3.05, 3.63) is 76.1 Å². The first-order valence-corrected chi connectivity index (χ1v) is 12.9. The molecule has 1 saturated heterocycles. The van der Waals surface area contributed by atoms with Crippen LogP contribution >= 0.6 is 11.3 Å². The maximum Gasteiger partial charge on any atom is 0.281 e. The Morgan fingerprint density at radius 1 is 1.08 bits per heavy atom. The minimum atomic E-state index is -0.304. The third-order valence-corrected chi connectivity index (χ3v) is 7.44. The van der Waals surface area contributed by atoms with Gasteiger partial charge in [0.05, 0.1) is 0 Å². The molecule has 186 valence electrons. The Labute approximate surface area is 214 Å². The predicted molar refractivity (Wildman–Crippen MR) is 144 cm³/mol. The van der Waals surface area contributed by atoms with E-state index in [4.69, 9.17) is 4.98 Å². The summed E-state index contributed by atoms with van der Waals surface area (Å²) < 4.78 is 1.56. The van der Waals surface area contributed by atoms with Crippen LogP contribution in [0.5, 0.6) is 0 Å². The molecule has 1 amide bonds. The number of hydrogen-bond donors (Lipinski definition) is 1. The van der Waals surface area contributed by atoms with Crippen molar-refractivity contribution in [2.24, 2.45) is 7.05 Å². The van der Waals surface area contributed by atoms with Gasteiger partial charge in [-0.2, -0.15) is 0 Å². The van der Waals surface area contributed by atoms with E-state index in [-0.39, 0.29) is 17.5 Å². The molecule has 1 fully saturated rings. The van der Waals surface area contributed by atoms with E-state index in [1.807, 2.05) is 61.5 Å². The van der Waals surface area contributed by atoms with Gasteiger partial charge in [-0.1, -0.05) is 65.9 Å². The Balaban J connectivity index is 1.40. The van der Waals surface area contributed by atoms with Crippen molar-refractivity contribution in [3.63, 3.8) is 0 Å². The van der Waals surface area contributed by atoms with Crippen LogP contribution in [0, 0.1) is 0 Å². The van der Waals surface area contributed by atoms with Gasteiger partial charge < -0.3 is 15.1 Å². The van der Waals surface area contributed by atoms with Crippen molar-refractivity contribution in [3.8, 4) is 11.4 Å². The number of benzene rings is 2. The van der Waals surface area contributed by atoms with Crippen molar-refractivity contribution in [1.29, 1.82) is 0 Å². The number of nitrogens with zero attached hydrogens (tertiary/aromatic N) is 5. The molecular formula is C27H30N6O2S. The minimum absolute atomic E-state index is 0.0185. The summed E-state index contributed by atoms with van der Waals surface area (Å²) in [6, 6.07) is 17.7. The zero-order valence-electron chi connectivity index (χ0n) is 20.8. The molecule has 2 aromatic heterocycles. The summed E-state index contributed by atoms with van der Waals surface area (Å²) in [5.41, 5.74) is 3.30. The van der Waals surface area contributed by atoms with Gasteiger partial charge in [-0.15, -0.1) is 0 Å². The molecule has 1 atom stereocenters. The lowest BCUT2D eigenvalue weighted by atomic mass is 10.1. The van der Waals surface area contributed by atoms with E-state index in [0.29, 0.717) is 27.8 Å². The number of hydrogen-bond acceptors (Lipinski definition) is 7. The van der Waals surface area contributed by atoms with E-state index in [0.717, 1.165) is 37.1 Å². The fourth-order valence-electron chi connectivity index (χ4n) is 4.62. The fourth-order valence-corrected chi connectivity index (χ4v) is 5.63. The van der Waals surface area contributed by atoms with Crippen LogP contribution in [0.1, 0.15) is 24.0 Å². The molecule has 1 aliphatic heterocycles. The van der Waals surface area contributed by atoms with Gasteiger partial charge in [0.15, 0.2) is 15.5 Å². The zero-order chi connectivity index (χ0) is 25.2. The highest BCUT2D eigenvalue weighted by Gasteiger charge is 2.33. The van der Waals surface area contributed by atoms with Gasteiger partial charge >= 0.3 is 0 Å². The highest BCUT2D eigenvalue weighted by atomic mass is 32.1. The zero-order valence-corrected chi connectivity index (χ0v) is 21.6. The molecular weight excluding hydrogens is 472 g/mol. The van der Waals surface area contributed by atoms with E-state index in [1.54, 1.807) is 11.6 Å². The fraction of sp³-hybridized carbons (Fsp3) is 0.333. The van der Waals surface area contributed by atoms with Crippen LogP contribution in [-0.2, 0) is 24.9 Å². The lowest BCUT2D eigenvalue weighted by Crippen LogP contribution is -2.43. The Morgan fingerprint density at radius 3 is 2.56 bits per heavy atom. The molecule has 0 saturated carbocycles. The van der Waals surface area contributed by atoms with Gasteiger partial charge in [-0.05, 0) is 38.1 Å². The largest absolute Gasteiger partial charge is 0.350 e. The van der Waals surface area contributed by atoms with Gasteiger partial charge in [-0.3, -0.25) is 14.2 Å². The maximum absolute atomic E-state index is 13.2. The number of anilines is 1. The highest BCUT2D eigenvalue weighted by Crippen LogP contribution is 2.32. The SMILES string of the molecule is CN(C)Cc1ccc(-c2nc3sc(N4CCCC4C(=O)NCc4ccccc4)nc3c(=O)n2C)cc1. The van der Waals surface area contributed by atoms with Gasteiger partial charge in [0, 0.05) is 32.2 Å². The first-order valence-electron chi connectivity index (χ1n) is 12.1. The molecule has 0 aliphatic carbocycles. The summed E-state index contributed by atoms with van der Waals surface area (Å²) in [7, 11) is 5.80. The van der Waals surface area contributed by atoms with Crippen molar-refractivity contribution in [2.45, 2.75) is 32.0 Å². The molecule has 0 radical (unpaired) electrons. The minimum Gasteiger partial charge on any atom is -0.350 e. The molecule has 1 unspecified atom stereocenters. The monoisotopic (exact) mass is 502 g/mol. The van der Waals surface area contributed by atoms with Crippen LogP contribution in [0.4, 0.5) is 5.13 Å².